The molecule has 0 spiro atoms. The molecule has 0 atom stereocenters. The zero-order chi connectivity index (χ0) is 23.8. The van der Waals surface area contributed by atoms with Crippen molar-refractivity contribution in [2.24, 2.45) is 4.99 Å². The van der Waals surface area contributed by atoms with E-state index in [2.05, 4.69) is 60.1 Å². The zero-order valence-electron chi connectivity index (χ0n) is 19.5. The van der Waals surface area contributed by atoms with E-state index in [-0.39, 0.29) is 5.54 Å². The van der Waals surface area contributed by atoms with Crippen molar-refractivity contribution in [3.05, 3.63) is 58.3 Å². The minimum absolute atomic E-state index is 0.0861. The molecule has 1 aromatic carbocycles. The number of thiazole rings is 1. The third kappa shape index (κ3) is 5.16. The Hall–Kier alpha value is -2.61. The number of fused-ring (bicyclic) bond motifs is 1. The van der Waals surface area contributed by atoms with Crippen LogP contribution in [0.2, 0.25) is 5.02 Å². The number of nitrogens with one attached hydrogen (secondary N) is 1. The van der Waals surface area contributed by atoms with Crippen molar-refractivity contribution >= 4 is 55.5 Å². The summed E-state index contributed by atoms with van der Waals surface area (Å²) in [6, 6.07) is 8.17. The van der Waals surface area contributed by atoms with Crippen molar-refractivity contribution < 1.29 is 0 Å². The SMILES string of the molecule is C/C=C\N=C(C)c1sc(-c2ncnc3sc(NC(C)(C)C)nc23)cc1-c1ccc(Cl)cc1C. The van der Waals surface area contributed by atoms with E-state index in [1.54, 1.807) is 29.0 Å². The van der Waals surface area contributed by atoms with Crippen LogP contribution in [-0.4, -0.2) is 26.2 Å². The molecule has 3 aromatic heterocycles. The molecule has 0 saturated heterocycles. The first-order valence-electron chi connectivity index (χ1n) is 10.6. The maximum absolute atomic E-state index is 6.23. The number of aliphatic imine (C=N–C) groups is 1. The van der Waals surface area contributed by atoms with Gasteiger partial charge in [0.2, 0.25) is 0 Å². The second-order valence-corrected chi connectivity index (χ2v) is 11.2. The van der Waals surface area contributed by atoms with Crippen LogP contribution in [0, 0.1) is 6.92 Å². The second kappa shape index (κ2) is 9.33. The molecular formula is C25H26ClN5S2. The van der Waals surface area contributed by atoms with Crippen LogP contribution in [0.15, 0.2) is 47.9 Å². The molecule has 0 unspecified atom stereocenters. The number of aromatic nitrogens is 3. The molecule has 0 aliphatic rings. The van der Waals surface area contributed by atoms with Crippen LogP contribution < -0.4 is 5.32 Å². The van der Waals surface area contributed by atoms with Crippen LogP contribution in [0.25, 0.3) is 32.0 Å². The summed E-state index contributed by atoms with van der Waals surface area (Å²) in [5.41, 5.74) is 5.87. The van der Waals surface area contributed by atoms with Crippen molar-refractivity contribution in [1.82, 2.24) is 15.0 Å². The Bertz CT molecular complexity index is 1380. The number of allylic oxidation sites excluding steroid dienone is 1. The Morgan fingerprint density at radius 2 is 1.91 bits per heavy atom. The number of halogens is 1. The molecule has 4 rings (SSSR count). The number of benzene rings is 1. The lowest BCUT2D eigenvalue weighted by molar-refractivity contribution is 0.633. The first kappa shape index (κ1) is 23.5. The molecule has 0 radical (unpaired) electrons. The quantitative estimate of drug-likeness (QED) is 0.285. The highest BCUT2D eigenvalue weighted by atomic mass is 35.5. The van der Waals surface area contributed by atoms with Gasteiger partial charge in [0, 0.05) is 22.3 Å². The molecule has 0 bridgehead atoms. The fourth-order valence-electron chi connectivity index (χ4n) is 3.46. The monoisotopic (exact) mass is 495 g/mol. The van der Waals surface area contributed by atoms with Crippen LogP contribution in [0.1, 0.15) is 45.1 Å². The largest absolute Gasteiger partial charge is 0.357 e. The lowest BCUT2D eigenvalue weighted by Gasteiger charge is -2.19. The maximum atomic E-state index is 6.23. The molecule has 0 amide bonds. The normalized spacial score (nSPS) is 12.8. The van der Waals surface area contributed by atoms with Gasteiger partial charge < -0.3 is 5.32 Å². The van der Waals surface area contributed by atoms with Gasteiger partial charge in [-0.1, -0.05) is 35.1 Å². The second-order valence-electron chi connectivity index (χ2n) is 8.78. The Morgan fingerprint density at radius 1 is 1.12 bits per heavy atom. The van der Waals surface area contributed by atoms with Gasteiger partial charge in [-0.2, -0.15) is 0 Å². The van der Waals surface area contributed by atoms with E-state index in [1.165, 1.54) is 0 Å². The molecule has 33 heavy (non-hydrogen) atoms. The molecule has 0 saturated carbocycles. The lowest BCUT2D eigenvalue weighted by Crippen LogP contribution is -2.25. The van der Waals surface area contributed by atoms with Gasteiger partial charge in [-0.15, -0.1) is 11.3 Å². The number of thiophene rings is 1. The summed E-state index contributed by atoms with van der Waals surface area (Å²) in [4.78, 5) is 21.6. The Labute approximate surface area is 207 Å². The maximum Gasteiger partial charge on any atom is 0.185 e. The predicted molar refractivity (Wildman–Crippen MR) is 144 cm³/mol. The fraction of sp³-hybridized carbons (Fsp3) is 0.280. The fourth-order valence-corrected chi connectivity index (χ4v) is 5.82. The summed E-state index contributed by atoms with van der Waals surface area (Å²) in [7, 11) is 0. The van der Waals surface area contributed by atoms with E-state index in [4.69, 9.17) is 16.6 Å². The van der Waals surface area contributed by atoms with E-state index < -0.39 is 0 Å². The number of aryl methyl sites for hydroxylation is 1. The Kier molecular flexibility index (Phi) is 6.66. The number of nitrogens with zero attached hydrogens (tertiary/aromatic N) is 4. The lowest BCUT2D eigenvalue weighted by atomic mass is 9.99. The van der Waals surface area contributed by atoms with Gasteiger partial charge >= 0.3 is 0 Å². The number of anilines is 1. The third-order valence-corrected chi connectivity index (χ3v) is 7.23. The molecule has 0 aliphatic carbocycles. The first-order valence-corrected chi connectivity index (χ1v) is 12.6. The van der Waals surface area contributed by atoms with E-state index in [1.807, 2.05) is 38.3 Å². The molecule has 170 valence electrons. The minimum atomic E-state index is -0.0861. The van der Waals surface area contributed by atoms with Gasteiger partial charge in [0.15, 0.2) is 5.13 Å². The van der Waals surface area contributed by atoms with Crippen molar-refractivity contribution in [2.75, 3.05) is 5.32 Å². The topological polar surface area (TPSA) is 63.1 Å². The molecule has 4 aromatic rings. The standard InChI is InChI=1S/C25H26ClN5S2/c1-7-10-27-15(3)22-18(17-9-8-16(26)11-14(17)2)12-19(32-22)20-21-23(29-13-28-20)33-24(30-21)31-25(4,5)6/h7-13H,1-6H3,(H,30,31)/b10-7-,27-15?. The van der Waals surface area contributed by atoms with Crippen molar-refractivity contribution in [3.8, 4) is 21.7 Å². The van der Waals surface area contributed by atoms with Gasteiger partial charge in [0.1, 0.15) is 22.4 Å². The molecule has 0 fully saturated rings. The number of hydrogen-bond acceptors (Lipinski definition) is 7. The molecule has 5 nitrogen and oxygen atoms in total. The number of rotatable bonds is 5. The molecule has 0 aliphatic heterocycles. The minimum Gasteiger partial charge on any atom is -0.357 e. The number of hydrogen-bond donors (Lipinski definition) is 1. The van der Waals surface area contributed by atoms with Crippen LogP contribution in [-0.2, 0) is 0 Å². The highest BCUT2D eigenvalue weighted by Gasteiger charge is 2.21. The predicted octanol–water partition coefficient (Wildman–Crippen LogP) is 8.00. The van der Waals surface area contributed by atoms with Gasteiger partial charge in [-0.05, 0) is 70.9 Å². The van der Waals surface area contributed by atoms with E-state index in [0.717, 1.165) is 58.4 Å². The van der Waals surface area contributed by atoms with Crippen molar-refractivity contribution in [1.29, 1.82) is 0 Å². The third-order valence-electron chi connectivity index (χ3n) is 4.87. The molecular weight excluding hydrogens is 470 g/mol. The van der Waals surface area contributed by atoms with Gasteiger partial charge in [-0.25, -0.2) is 15.0 Å². The Morgan fingerprint density at radius 3 is 2.61 bits per heavy atom. The highest BCUT2D eigenvalue weighted by Crippen LogP contribution is 2.41. The molecule has 3 heterocycles. The van der Waals surface area contributed by atoms with Crippen LogP contribution in [0.3, 0.4) is 0 Å². The van der Waals surface area contributed by atoms with Crippen LogP contribution >= 0.6 is 34.3 Å². The van der Waals surface area contributed by atoms with Crippen molar-refractivity contribution in [2.45, 2.75) is 47.1 Å². The molecule has 8 heteroatoms. The van der Waals surface area contributed by atoms with Gasteiger partial charge in [0.25, 0.3) is 0 Å². The first-order chi connectivity index (χ1) is 15.7. The van der Waals surface area contributed by atoms with Gasteiger partial charge in [-0.3, -0.25) is 4.99 Å². The van der Waals surface area contributed by atoms with Crippen molar-refractivity contribution in [3.63, 3.8) is 0 Å². The van der Waals surface area contributed by atoms with Gasteiger partial charge in [0.05, 0.1) is 15.5 Å². The average molecular weight is 496 g/mol. The Balaban J connectivity index is 1.90. The summed E-state index contributed by atoms with van der Waals surface area (Å²) >= 11 is 9.45. The highest BCUT2D eigenvalue weighted by molar-refractivity contribution is 7.22. The smallest absolute Gasteiger partial charge is 0.185 e. The summed E-state index contributed by atoms with van der Waals surface area (Å²) < 4.78 is 0. The summed E-state index contributed by atoms with van der Waals surface area (Å²) in [6.45, 7) is 12.4. The summed E-state index contributed by atoms with van der Waals surface area (Å²) in [5, 5.41) is 5.02. The average Bonchev–Trinajstić information content (AvgIpc) is 3.34. The van der Waals surface area contributed by atoms with Crippen LogP contribution in [0.4, 0.5) is 5.13 Å². The molecule has 1 N–H and O–H groups in total. The van der Waals surface area contributed by atoms with E-state index in [9.17, 15) is 0 Å². The van der Waals surface area contributed by atoms with E-state index in [0.29, 0.717) is 0 Å². The summed E-state index contributed by atoms with van der Waals surface area (Å²) in [6.07, 6.45) is 5.36. The van der Waals surface area contributed by atoms with Crippen LogP contribution in [0.5, 0.6) is 0 Å². The summed E-state index contributed by atoms with van der Waals surface area (Å²) in [5.74, 6) is 0. The zero-order valence-corrected chi connectivity index (χ0v) is 21.9. The van der Waals surface area contributed by atoms with E-state index >= 15 is 0 Å².